The van der Waals surface area contributed by atoms with Crippen LogP contribution in [0.25, 0.3) is 5.82 Å². The van der Waals surface area contributed by atoms with E-state index in [2.05, 4.69) is 25.2 Å². The quantitative estimate of drug-likeness (QED) is 0.812. The summed E-state index contributed by atoms with van der Waals surface area (Å²) >= 11 is 0. The summed E-state index contributed by atoms with van der Waals surface area (Å²) in [6, 6.07) is 3.83. The number of carbonyl (C=O) groups is 1. The molecular formula is C18H25N7O. The highest BCUT2D eigenvalue weighted by Crippen LogP contribution is 2.28. The van der Waals surface area contributed by atoms with Crippen LogP contribution in [0.1, 0.15) is 38.5 Å². The molecule has 1 saturated carbocycles. The zero-order valence-electron chi connectivity index (χ0n) is 15.0. The van der Waals surface area contributed by atoms with E-state index in [1.54, 1.807) is 11.0 Å². The van der Waals surface area contributed by atoms with Crippen LogP contribution in [0.3, 0.4) is 0 Å². The lowest BCUT2D eigenvalue weighted by molar-refractivity contribution is -0.131. The fourth-order valence-corrected chi connectivity index (χ4v) is 3.91. The van der Waals surface area contributed by atoms with Crippen molar-refractivity contribution in [2.24, 2.45) is 5.92 Å². The summed E-state index contributed by atoms with van der Waals surface area (Å²) in [5.41, 5.74) is 0. The van der Waals surface area contributed by atoms with Crippen LogP contribution >= 0.6 is 0 Å². The molecule has 2 fully saturated rings. The summed E-state index contributed by atoms with van der Waals surface area (Å²) < 4.78 is 1.58. The third kappa shape index (κ3) is 3.84. The van der Waals surface area contributed by atoms with Gasteiger partial charge >= 0.3 is 0 Å². The van der Waals surface area contributed by atoms with Gasteiger partial charge in [0.1, 0.15) is 12.7 Å². The van der Waals surface area contributed by atoms with E-state index >= 15 is 0 Å². The molecule has 0 atom stereocenters. The Hall–Kier alpha value is -2.51. The minimum absolute atomic E-state index is 0.309. The number of nitrogens with zero attached hydrogens (tertiary/aromatic N) is 7. The first kappa shape index (κ1) is 16.9. The molecule has 0 aromatic carbocycles. The summed E-state index contributed by atoms with van der Waals surface area (Å²) in [7, 11) is 0. The Morgan fingerprint density at radius 1 is 1.04 bits per heavy atom. The molecule has 0 bridgehead atoms. The van der Waals surface area contributed by atoms with Gasteiger partial charge in [0.25, 0.3) is 0 Å². The molecule has 8 heteroatoms. The number of anilines is 1. The molecule has 0 radical (unpaired) electrons. The van der Waals surface area contributed by atoms with Gasteiger partial charge in [-0.2, -0.15) is 5.10 Å². The van der Waals surface area contributed by atoms with E-state index in [1.807, 2.05) is 17.0 Å². The molecule has 1 aliphatic heterocycles. The Morgan fingerprint density at radius 3 is 2.42 bits per heavy atom. The van der Waals surface area contributed by atoms with Gasteiger partial charge in [0.05, 0.1) is 0 Å². The van der Waals surface area contributed by atoms with Gasteiger partial charge in [0.2, 0.25) is 5.91 Å². The predicted molar refractivity (Wildman–Crippen MR) is 96.9 cm³/mol. The minimum atomic E-state index is 0.309. The maximum absolute atomic E-state index is 12.4. The van der Waals surface area contributed by atoms with E-state index in [1.165, 1.54) is 32.0 Å². The summed E-state index contributed by atoms with van der Waals surface area (Å²) in [6.45, 7) is 3.12. The molecule has 0 unspecified atom stereocenters. The Balaban J connectivity index is 1.27. The molecule has 1 aliphatic carbocycles. The predicted octanol–water partition coefficient (Wildman–Crippen LogP) is 1.68. The lowest BCUT2D eigenvalue weighted by atomic mass is 10.0. The van der Waals surface area contributed by atoms with Gasteiger partial charge in [0, 0.05) is 32.6 Å². The number of hydrogen-bond donors (Lipinski definition) is 0. The zero-order valence-corrected chi connectivity index (χ0v) is 15.0. The molecule has 2 aromatic rings. The van der Waals surface area contributed by atoms with Crippen molar-refractivity contribution in [1.29, 1.82) is 0 Å². The lowest BCUT2D eigenvalue weighted by Gasteiger charge is -2.35. The summed E-state index contributed by atoms with van der Waals surface area (Å²) in [5.74, 6) is 2.57. The lowest BCUT2D eigenvalue weighted by Crippen LogP contribution is -2.49. The standard InChI is InChI=1S/C18H25N7O/c26-18(8-5-15-3-1-2-4-15)24-11-9-23(10-12-24)16-6-7-17(22-21-16)25-14-19-13-20-25/h6-7,13-15H,1-5,8-12H2. The van der Waals surface area contributed by atoms with Gasteiger partial charge in [0.15, 0.2) is 11.6 Å². The maximum atomic E-state index is 12.4. The first-order chi connectivity index (χ1) is 12.8. The molecule has 3 heterocycles. The fourth-order valence-electron chi connectivity index (χ4n) is 3.91. The third-order valence-corrected chi connectivity index (χ3v) is 5.49. The van der Waals surface area contributed by atoms with E-state index in [-0.39, 0.29) is 0 Å². The van der Waals surface area contributed by atoms with Crippen LogP contribution in [0.15, 0.2) is 24.8 Å². The summed E-state index contributed by atoms with van der Waals surface area (Å²) in [4.78, 5) is 20.5. The van der Waals surface area contributed by atoms with E-state index in [0.717, 1.165) is 44.3 Å². The monoisotopic (exact) mass is 355 g/mol. The molecule has 138 valence electrons. The molecule has 1 saturated heterocycles. The number of aromatic nitrogens is 5. The molecule has 2 aromatic heterocycles. The fraction of sp³-hybridized carbons (Fsp3) is 0.611. The molecule has 1 amide bonds. The number of amides is 1. The van der Waals surface area contributed by atoms with E-state index in [4.69, 9.17) is 0 Å². The minimum Gasteiger partial charge on any atom is -0.352 e. The highest BCUT2D eigenvalue weighted by Gasteiger charge is 2.23. The van der Waals surface area contributed by atoms with Crippen molar-refractivity contribution < 1.29 is 4.79 Å². The highest BCUT2D eigenvalue weighted by atomic mass is 16.2. The Morgan fingerprint density at radius 2 is 1.77 bits per heavy atom. The van der Waals surface area contributed by atoms with Crippen LogP contribution in [0.5, 0.6) is 0 Å². The van der Waals surface area contributed by atoms with Crippen molar-refractivity contribution in [1.82, 2.24) is 29.9 Å². The van der Waals surface area contributed by atoms with E-state index in [9.17, 15) is 4.79 Å². The number of rotatable bonds is 5. The van der Waals surface area contributed by atoms with Crippen LogP contribution in [0.2, 0.25) is 0 Å². The van der Waals surface area contributed by atoms with Crippen LogP contribution in [0.4, 0.5) is 5.82 Å². The molecular weight excluding hydrogens is 330 g/mol. The van der Waals surface area contributed by atoms with Gasteiger partial charge < -0.3 is 9.80 Å². The normalized spacial score (nSPS) is 18.5. The van der Waals surface area contributed by atoms with Crippen molar-refractivity contribution >= 4 is 11.7 Å². The Kier molecular flexibility index (Phi) is 5.08. The average Bonchev–Trinajstić information content (AvgIpc) is 3.40. The summed E-state index contributed by atoms with van der Waals surface area (Å²) in [6.07, 6.45) is 10.1. The van der Waals surface area contributed by atoms with Crippen LogP contribution in [-0.4, -0.2) is 61.9 Å². The zero-order chi connectivity index (χ0) is 17.8. The Bertz CT molecular complexity index is 702. The van der Waals surface area contributed by atoms with Crippen LogP contribution < -0.4 is 4.90 Å². The Labute approximate surface area is 153 Å². The molecule has 0 N–H and O–H groups in total. The van der Waals surface area contributed by atoms with Crippen LogP contribution in [-0.2, 0) is 4.79 Å². The number of carbonyl (C=O) groups excluding carboxylic acids is 1. The molecule has 8 nitrogen and oxygen atoms in total. The maximum Gasteiger partial charge on any atom is 0.222 e. The van der Waals surface area contributed by atoms with Gasteiger partial charge in [-0.1, -0.05) is 25.7 Å². The second-order valence-electron chi connectivity index (χ2n) is 7.15. The first-order valence-corrected chi connectivity index (χ1v) is 9.51. The SMILES string of the molecule is O=C(CCC1CCCC1)N1CCN(c2ccc(-n3cncn3)nn2)CC1. The molecule has 0 spiro atoms. The number of piperazine rings is 1. The molecule has 26 heavy (non-hydrogen) atoms. The molecule has 4 rings (SSSR count). The van der Waals surface area contributed by atoms with Crippen molar-refractivity contribution in [2.45, 2.75) is 38.5 Å². The summed E-state index contributed by atoms with van der Waals surface area (Å²) in [5, 5.41) is 12.6. The van der Waals surface area contributed by atoms with Gasteiger partial charge in [-0.15, -0.1) is 10.2 Å². The van der Waals surface area contributed by atoms with Gasteiger partial charge in [-0.05, 0) is 24.5 Å². The number of hydrogen-bond acceptors (Lipinski definition) is 6. The largest absolute Gasteiger partial charge is 0.352 e. The average molecular weight is 355 g/mol. The van der Waals surface area contributed by atoms with E-state index in [0.29, 0.717) is 18.1 Å². The van der Waals surface area contributed by atoms with Crippen molar-refractivity contribution in [3.05, 3.63) is 24.8 Å². The van der Waals surface area contributed by atoms with E-state index < -0.39 is 0 Å². The molecule has 2 aliphatic rings. The highest BCUT2D eigenvalue weighted by molar-refractivity contribution is 5.76. The smallest absolute Gasteiger partial charge is 0.222 e. The van der Waals surface area contributed by atoms with Crippen molar-refractivity contribution in [3.63, 3.8) is 0 Å². The second-order valence-corrected chi connectivity index (χ2v) is 7.15. The third-order valence-electron chi connectivity index (χ3n) is 5.49. The topological polar surface area (TPSA) is 80.0 Å². The van der Waals surface area contributed by atoms with Crippen molar-refractivity contribution in [3.8, 4) is 5.82 Å². The van der Waals surface area contributed by atoms with Crippen LogP contribution in [0, 0.1) is 5.92 Å². The second kappa shape index (κ2) is 7.80. The van der Waals surface area contributed by atoms with Gasteiger partial charge in [-0.3, -0.25) is 4.79 Å². The van der Waals surface area contributed by atoms with Crippen molar-refractivity contribution in [2.75, 3.05) is 31.1 Å². The van der Waals surface area contributed by atoms with Gasteiger partial charge in [-0.25, -0.2) is 9.67 Å². The first-order valence-electron chi connectivity index (χ1n) is 9.51.